The first kappa shape index (κ1) is 19.9. The summed E-state index contributed by atoms with van der Waals surface area (Å²) in [6, 6.07) is 8.85. The number of allylic oxidation sites excluding steroid dienone is 6. The normalized spacial score (nSPS) is 19.2. The van der Waals surface area contributed by atoms with Gasteiger partial charge in [0.05, 0.1) is 0 Å². The Morgan fingerprint density at radius 2 is 1.95 bits per heavy atom. The number of rotatable bonds is 4. The van der Waals surface area contributed by atoms with Crippen LogP contribution in [0, 0.1) is 0 Å². The Morgan fingerprint density at radius 1 is 1.23 bits per heavy atom. The zero-order valence-corrected chi connectivity index (χ0v) is 16.5. The van der Waals surface area contributed by atoms with E-state index in [1.807, 2.05) is 0 Å². The molecule has 1 unspecified atom stereocenters. The van der Waals surface area contributed by atoms with Gasteiger partial charge in [0.2, 0.25) is 0 Å². The number of hydrogen-bond donors (Lipinski definition) is 1. The minimum atomic E-state index is 0. The second-order valence-electron chi connectivity index (χ2n) is 5.52. The van der Waals surface area contributed by atoms with Gasteiger partial charge >= 0.3 is 136 Å². The number of aliphatic hydroxyl groups excluding tert-OH is 1. The molecular formula is C18H19Cl2OZr. The summed E-state index contributed by atoms with van der Waals surface area (Å²) in [5.74, 6) is 0. The maximum atomic E-state index is 9.07. The molecule has 0 saturated heterocycles. The molecule has 0 aromatic heterocycles. The molecule has 0 heterocycles. The predicted octanol–water partition coefficient (Wildman–Crippen LogP) is -1.90. The Bertz CT molecular complexity index is 632. The van der Waals surface area contributed by atoms with E-state index in [0.29, 0.717) is 3.63 Å². The van der Waals surface area contributed by atoms with Gasteiger partial charge in [-0.25, -0.2) is 0 Å². The number of aliphatic hydroxyl groups is 1. The van der Waals surface area contributed by atoms with Crippen LogP contribution in [0.3, 0.4) is 0 Å². The van der Waals surface area contributed by atoms with Crippen molar-refractivity contribution >= 4 is 5.57 Å². The van der Waals surface area contributed by atoms with E-state index in [2.05, 4.69) is 43.3 Å². The van der Waals surface area contributed by atoms with E-state index >= 15 is 0 Å². The fourth-order valence-corrected chi connectivity index (χ4v) is 4.26. The molecule has 2 aliphatic carbocycles. The minimum absolute atomic E-state index is 0. The minimum Gasteiger partial charge on any atom is -1.00 e. The predicted molar refractivity (Wildman–Crippen MR) is 78.9 cm³/mol. The first-order valence-corrected chi connectivity index (χ1v) is 8.67. The molecule has 0 amide bonds. The van der Waals surface area contributed by atoms with Gasteiger partial charge in [-0.15, -0.1) is 0 Å². The Kier molecular flexibility index (Phi) is 7.82. The zero-order valence-electron chi connectivity index (χ0n) is 12.6. The molecule has 1 nitrogen and oxygen atoms in total. The Balaban J connectivity index is 0.00000121. The largest absolute Gasteiger partial charge is 1.00 e. The Labute approximate surface area is 160 Å². The molecule has 0 saturated carbocycles. The average Bonchev–Trinajstić information content (AvgIpc) is 3.01. The van der Waals surface area contributed by atoms with Crippen molar-refractivity contribution in [3.8, 4) is 0 Å². The molecule has 0 spiro atoms. The standard InChI is InChI=1S/C18H19O.2ClH.Zr/c1-13-12-15-6-2-3-9-17(15)18(13)16-10-4-7-14(16)8-5-11-19;;;/h2-4,6-7,9,12,19H,5,8,10-11H2,1H3;2*1H;/q;;;+2/p-2. The smallest absolute Gasteiger partial charge is 1.00 e. The van der Waals surface area contributed by atoms with Crippen molar-refractivity contribution in [3.63, 3.8) is 0 Å². The van der Waals surface area contributed by atoms with Crippen LogP contribution in [0.2, 0.25) is 0 Å². The summed E-state index contributed by atoms with van der Waals surface area (Å²) < 4.78 is 0.612. The van der Waals surface area contributed by atoms with Gasteiger partial charge in [0.1, 0.15) is 0 Å². The molecule has 3 rings (SSSR count). The van der Waals surface area contributed by atoms with Crippen LogP contribution in [0.4, 0.5) is 0 Å². The van der Waals surface area contributed by atoms with Gasteiger partial charge in [0.15, 0.2) is 0 Å². The Hall–Kier alpha value is -0.137. The van der Waals surface area contributed by atoms with E-state index < -0.39 is 0 Å². The van der Waals surface area contributed by atoms with Crippen LogP contribution in [0.15, 0.2) is 53.1 Å². The van der Waals surface area contributed by atoms with E-state index in [1.54, 1.807) is 24.7 Å². The third-order valence-corrected chi connectivity index (χ3v) is 6.13. The third-order valence-electron chi connectivity index (χ3n) is 4.30. The molecule has 2 aliphatic rings. The molecule has 0 aliphatic heterocycles. The van der Waals surface area contributed by atoms with Gasteiger partial charge in [0.25, 0.3) is 0 Å². The molecule has 22 heavy (non-hydrogen) atoms. The number of benzene rings is 1. The van der Waals surface area contributed by atoms with E-state index in [9.17, 15) is 0 Å². The number of fused-ring (bicyclic) bond motifs is 1. The second kappa shape index (κ2) is 8.64. The summed E-state index contributed by atoms with van der Waals surface area (Å²) in [6.45, 7) is 2.57. The molecule has 0 fully saturated rings. The summed E-state index contributed by atoms with van der Waals surface area (Å²) in [5.41, 5.74) is 8.87. The van der Waals surface area contributed by atoms with Gasteiger partial charge < -0.3 is 24.8 Å². The number of hydrogen-bond acceptors (Lipinski definition) is 1. The molecule has 115 valence electrons. The van der Waals surface area contributed by atoms with Crippen LogP contribution < -0.4 is 24.8 Å². The molecule has 1 atom stereocenters. The topological polar surface area (TPSA) is 20.2 Å². The van der Waals surface area contributed by atoms with Crippen LogP contribution in [-0.2, 0) is 24.7 Å². The van der Waals surface area contributed by atoms with Crippen LogP contribution in [-0.4, -0.2) is 11.7 Å². The molecule has 0 radical (unpaired) electrons. The van der Waals surface area contributed by atoms with E-state index in [-0.39, 0.29) is 31.4 Å². The molecule has 4 heteroatoms. The van der Waals surface area contributed by atoms with Gasteiger partial charge in [-0.3, -0.25) is 0 Å². The fraction of sp³-hybridized carbons (Fsp3) is 0.333. The van der Waals surface area contributed by atoms with E-state index in [4.69, 9.17) is 5.11 Å². The van der Waals surface area contributed by atoms with Crippen molar-refractivity contribution in [1.29, 1.82) is 0 Å². The fourth-order valence-electron chi connectivity index (χ4n) is 3.28. The monoisotopic (exact) mass is 411 g/mol. The van der Waals surface area contributed by atoms with Crippen LogP contribution in [0.5, 0.6) is 0 Å². The van der Waals surface area contributed by atoms with E-state index in [1.165, 1.54) is 33.4 Å². The zero-order chi connectivity index (χ0) is 14.1. The van der Waals surface area contributed by atoms with Crippen molar-refractivity contribution in [2.24, 2.45) is 0 Å². The summed E-state index contributed by atoms with van der Waals surface area (Å²) in [6.07, 6.45) is 7.41. The van der Waals surface area contributed by atoms with Crippen molar-refractivity contribution in [2.45, 2.75) is 29.8 Å². The van der Waals surface area contributed by atoms with Crippen molar-refractivity contribution in [2.75, 3.05) is 6.61 Å². The maximum Gasteiger partial charge on any atom is -1.00 e. The van der Waals surface area contributed by atoms with Crippen LogP contribution in [0.1, 0.15) is 40.9 Å². The average molecular weight is 413 g/mol. The van der Waals surface area contributed by atoms with Gasteiger partial charge in [0, 0.05) is 0 Å². The summed E-state index contributed by atoms with van der Waals surface area (Å²) >= 11 is 1.57. The molecule has 1 N–H and O–H groups in total. The molecular weight excluding hydrogens is 394 g/mol. The van der Waals surface area contributed by atoms with Gasteiger partial charge in [-0.2, -0.15) is 0 Å². The van der Waals surface area contributed by atoms with Gasteiger partial charge in [-0.05, 0) is 0 Å². The molecule has 0 bridgehead atoms. The van der Waals surface area contributed by atoms with Gasteiger partial charge in [-0.1, -0.05) is 0 Å². The first-order chi connectivity index (χ1) is 9.74. The van der Waals surface area contributed by atoms with Crippen molar-refractivity contribution < 1.29 is 54.6 Å². The summed E-state index contributed by atoms with van der Waals surface area (Å²) in [5, 5.41) is 9.07. The Morgan fingerprint density at radius 3 is 2.68 bits per heavy atom. The second-order valence-corrected chi connectivity index (χ2v) is 6.93. The van der Waals surface area contributed by atoms with E-state index in [0.717, 1.165) is 19.3 Å². The SMILES string of the molecule is CC1=C(C2=C(CCCO)C=CC2)c2ccccc2[CH]1[Zr+2].[Cl-].[Cl-]. The van der Waals surface area contributed by atoms with Crippen molar-refractivity contribution in [1.82, 2.24) is 0 Å². The van der Waals surface area contributed by atoms with Crippen LogP contribution in [0.25, 0.3) is 5.57 Å². The molecule has 1 aromatic rings. The first-order valence-electron chi connectivity index (χ1n) is 7.25. The van der Waals surface area contributed by atoms with Crippen LogP contribution >= 0.6 is 0 Å². The number of halogens is 2. The summed E-state index contributed by atoms with van der Waals surface area (Å²) in [7, 11) is 0. The molecule has 1 aromatic carbocycles. The van der Waals surface area contributed by atoms with Crippen molar-refractivity contribution in [3.05, 3.63) is 64.3 Å². The summed E-state index contributed by atoms with van der Waals surface area (Å²) in [4.78, 5) is 0. The third kappa shape index (κ3) is 3.51. The quantitative estimate of drug-likeness (QED) is 0.612. The maximum absolute atomic E-state index is 9.07.